The number of nitrogen functional groups attached to an aromatic ring is 1. The zero-order valence-electron chi connectivity index (χ0n) is 9.67. The van der Waals surface area contributed by atoms with Crippen molar-refractivity contribution in [2.75, 3.05) is 18.8 Å². The van der Waals surface area contributed by atoms with Crippen molar-refractivity contribution in [1.29, 1.82) is 0 Å². The minimum atomic E-state index is -0.699. The summed E-state index contributed by atoms with van der Waals surface area (Å²) in [6.07, 6.45) is 1.70. The first-order chi connectivity index (χ1) is 8.15. The second-order valence-electron chi connectivity index (χ2n) is 4.47. The Labute approximate surface area is 100 Å². The van der Waals surface area contributed by atoms with Crippen LogP contribution in [0.4, 0.5) is 5.82 Å². The van der Waals surface area contributed by atoms with Crippen molar-refractivity contribution in [3.8, 4) is 0 Å². The maximum Gasteiger partial charge on any atom is 0.307 e. The van der Waals surface area contributed by atoms with Crippen LogP contribution in [-0.2, 0) is 11.3 Å². The van der Waals surface area contributed by atoms with Gasteiger partial charge in [0.25, 0.3) is 0 Å². The highest BCUT2D eigenvalue weighted by Gasteiger charge is 2.25. The minimum absolute atomic E-state index is 0.246. The van der Waals surface area contributed by atoms with E-state index in [0.717, 1.165) is 25.1 Å². The summed E-state index contributed by atoms with van der Waals surface area (Å²) in [5.74, 6) is -0.436. The maximum absolute atomic E-state index is 10.9. The number of carbonyl (C=O) groups is 1. The molecule has 1 unspecified atom stereocenters. The first-order valence-electron chi connectivity index (χ1n) is 5.82. The molecular weight excluding hydrogens is 218 g/mol. The van der Waals surface area contributed by atoms with Crippen molar-refractivity contribution in [1.82, 2.24) is 9.88 Å². The number of carboxylic acid groups (broad SMARTS) is 1. The zero-order chi connectivity index (χ0) is 12.3. The van der Waals surface area contributed by atoms with E-state index in [2.05, 4.69) is 9.88 Å². The molecule has 1 saturated heterocycles. The van der Waals surface area contributed by atoms with Gasteiger partial charge >= 0.3 is 5.97 Å². The molecule has 0 radical (unpaired) electrons. The molecule has 1 aromatic heterocycles. The Kier molecular flexibility index (Phi) is 3.58. The van der Waals surface area contributed by atoms with Gasteiger partial charge in [0.05, 0.1) is 11.6 Å². The van der Waals surface area contributed by atoms with Crippen LogP contribution >= 0.6 is 0 Å². The predicted octanol–water partition coefficient (Wildman–Crippen LogP) is 0.960. The predicted molar refractivity (Wildman–Crippen MR) is 64.3 cm³/mol. The minimum Gasteiger partial charge on any atom is -0.481 e. The Bertz CT molecular complexity index is 408. The number of aliphatic carboxylic acids is 1. The van der Waals surface area contributed by atoms with Crippen LogP contribution in [0, 0.1) is 5.92 Å². The lowest BCUT2D eigenvalue weighted by molar-refractivity contribution is -0.143. The monoisotopic (exact) mass is 235 g/mol. The number of piperidine rings is 1. The Hall–Kier alpha value is -1.62. The van der Waals surface area contributed by atoms with Crippen molar-refractivity contribution in [2.45, 2.75) is 19.4 Å². The molecule has 3 N–H and O–H groups in total. The number of rotatable bonds is 3. The average Bonchev–Trinajstić information content (AvgIpc) is 2.29. The van der Waals surface area contributed by atoms with Gasteiger partial charge in [-0.05, 0) is 31.5 Å². The lowest BCUT2D eigenvalue weighted by Gasteiger charge is -2.30. The molecule has 1 aromatic rings. The van der Waals surface area contributed by atoms with Crippen molar-refractivity contribution in [3.05, 3.63) is 23.9 Å². The lowest BCUT2D eigenvalue weighted by Crippen LogP contribution is -2.38. The molecule has 0 spiro atoms. The van der Waals surface area contributed by atoms with E-state index in [1.165, 1.54) is 0 Å². The molecular formula is C12H17N3O2. The van der Waals surface area contributed by atoms with Gasteiger partial charge in [-0.2, -0.15) is 0 Å². The molecule has 1 fully saturated rings. The smallest absolute Gasteiger partial charge is 0.307 e. The van der Waals surface area contributed by atoms with E-state index in [9.17, 15) is 4.79 Å². The number of aromatic nitrogens is 1. The molecule has 17 heavy (non-hydrogen) atoms. The van der Waals surface area contributed by atoms with Crippen molar-refractivity contribution >= 4 is 11.8 Å². The lowest BCUT2D eigenvalue weighted by atomic mass is 9.98. The maximum atomic E-state index is 10.9. The highest BCUT2D eigenvalue weighted by molar-refractivity contribution is 5.70. The summed E-state index contributed by atoms with van der Waals surface area (Å²) in [4.78, 5) is 17.3. The van der Waals surface area contributed by atoms with Gasteiger partial charge < -0.3 is 10.8 Å². The molecule has 0 aliphatic carbocycles. The first-order valence-corrected chi connectivity index (χ1v) is 5.82. The molecule has 0 bridgehead atoms. The Morgan fingerprint density at radius 2 is 2.41 bits per heavy atom. The topological polar surface area (TPSA) is 79.5 Å². The van der Waals surface area contributed by atoms with Gasteiger partial charge in [-0.15, -0.1) is 0 Å². The molecule has 5 heteroatoms. The van der Waals surface area contributed by atoms with E-state index in [-0.39, 0.29) is 5.92 Å². The summed E-state index contributed by atoms with van der Waals surface area (Å²) < 4.78 is 0. The van der Waals surface area contributed by atoms with Gasteiger partial charge in [0.2, 0.25) is 0 Å². The van der Waals surface area contributed by atoms with E-state index in [4.69, 9.17) is 10.8 Å². The van der Waals surface area contributed by atoms with E-state index >= 15 is 0 Å². The molecule has 1 atom stereocenters. The highest BCUT2D eigenvalue weighted by Crippen LogP contribution is 2.18. The summed E-state index contributed by atoms with van der Waals surface area (Å²) in [5, 5.41) is 9.00. The third-order valence-electron chi connectivity index (χ3n) is 3.07. The van der Waals surface area contributed by atoms with Crippen LogP contribution in [0.5, 0.6) is 0 Å². The van der Waals surface area contributed by atoms with Crippen LogP contribution in [-0.4, -0.2) is 34.0 Å². The standard InChI is InChI=1S/C12H17N3O2/c13-11-5-1-4-10(14-11)8-15-6-2-3-9(7-15)12(16)17/h1,4-5,9H,2-3,6-8H2,(H2,13,14)(H,16,17). The van der Waals surface area contributed by atoms with Gasteiger partial charge in [0.1, 0.15) is 5.82 Å². The normalized spacial score (nSPS) is 21.3. The second-order valence-corrected chi connectivity index (χ2v) is 4.47. The molecule has 5 nitrogen and oxygen atoms in total. The van der Waals surface area contributed by atoms with Gasteiger partial charge in [-0.1, -0.05) is 6.07 Å². The molecule has 2 heterocycles. The average molecular weight is 235 g/mol. The number of nitrogens with zero attached hydrogens (tertiary/aromatic N) is 2. The molecule has 1 aliphatic heterocycles. The van der Waals surface area contributed by atoms with Crippen molar-refractivity contribution < 1.29 is 9.90 Å². The third-order valence-corrected chi connectivity index (χ3v) is 3.07. The van der Waals surface area contributed by atoms with Crippen LogP contribution in [0.3, 0.4) is 0 Å². The van der Waals surface area contributed by atoms with E-state index in [1.54, 1.807) is 6.07 Å². The number of pyridine rings is 1. The number of nitrogens with two attached hydrogens (primary N) is 1. The fraction of sp³-hybridized carbons (Fsp3) is 0.500. The third kappa shape index (κ3) is 3.17. The molecule has 0 saturated carbocycles. The molecule has 0 amide bonds. The molecule has 92 valence electrons. The number of hydrogen-bond donors (Lipinski definition) is 2. The number of carboxylic acids is 1. The molecule has 1 aliphatic rings. The number of likely N-dealkylation sites (tertiary alicyclic amines) is 1. The second kappa shape index (κ2) is 5.14. The van der Waals surface area contributed by atoms with Crippen LogP contribution in [0.1, 0.15) is 18.5 Å². The first kappa shape index (κ1) is 11.9. The highest BCUT2D eigenvalue weighted by atomic mass is 16.4. The fourth-order valence-electron chi connectivity index (χ4n) is 2.22. The Morgan fingerprint density at radius 1 is 1.59 bits per heavy atom. The van der Waals surface area contributed by atoms with Crippen molar-refractivity contribution in [2.24, 2.45) is 5.92 Å². The van der Waals surface area contributed by atoms with Crippen LogP contribution < -0.4 is 5.73 Å². The number of anilines is 1. The summed E-state index contributed by atoms with van der Waals surface area (Å²) >= 11 is 0. The fourth-order valence-corrected chi connectivity index (χ4v) is 2.22. The largest absolute Gasteiger partial charge is 0.481 e. The van der Waals surface area contributed by atoms with Gasteiger partial charge in [-0.25, -0.2) is 4.98 Å². The SMILES string of the molecule is Nc1cccc(CN2CCCC(C(=O)O)C2)n1. The zero-order valence-corrected chi connectivity index (χ0v) is 9.67. The molecule has 2 rings (SSSR count). The van der Waals surface area contributed by atoms with Crippen molar-refractivity contribution in [3.63, 3.8) is 0 Å². The van der Waals surface area contributed by atoms with E-state index in [1.807, 2.05) is 12.1 Å². The Balaban J connectivity index is 1.97. The van der Waals surface area contributed by atoms with Gasteiger partial charge in [0.15, 0.2) is 0 Å². The number of hydrogen-bond acceptors (Lipinski definition) is 4. The van der Waals surface area contributed by atoms with Gasteiger partial charge in [-0.3, -0.25) is 9.69 Å². The van der Waals surface area contributed by atoms with Crippen LogP contribution in [0.15, 0.2) is 18.2 Å². The van der Waals surface area contributed by atoms with Crippen LogP contribution in [0.25, 0.3) is 0 Å². The Morgan fingerprint density at radius 3 is 3.12 bits per heavy atom. The van der Waals surface area contributed by atoms with E-state index < -0.39 is 5.97 Å². The summed E-state index contributed by atoms with van der Waals surface area (Å²) in [6, 6.07) is 5.54. The quantitative estimate of drug-likeness (QED) is 0.815. The summed E-state index contributed by atoms with van der Waals surface area (Å²) in [5.41, 5.74) is 6.51. The van der Waals surface area contributed by atoms with Gasteiger partial charge in [0, 0.05) is 13.1 Å². The van der Waals surface area contributed by atoms with E-state index in [0.29, 0.717) is 18.9 Å². The molecule has 0 aromatic carbocycles. The summed E-state index contributed by atoms with van der Waals surface area (Å²) in [6.45, 7) is 2.21. The van der Waals surface area contributed by atoms with Crippen LogP contribution in [0.2, 0.25) is 0 Å². The summed E-state index contributed by atoms with van der Waals surface area (Å²) in [7, 11) is 0.